The fourth-order valence-corrected chi connectivity index (χ4v) is 2.29. The normalized spacial score (nSPS) is 11.2. The van der Waals surface area contributed by atoms with Gasteiger partial charge >= 0.3 is 12.2 Å². The van der Waals surface area contributed by atoms with Crippen molar-refractivity contribution in [2.75, 3.05) is 6.54 Å². The molecule has 2 amide bonds. The van der Waals surface area contributed by atoms with Gasteiger partial charge in [-0.05, 0) is 27.4 Å². The molecule has 0 aliphatic heterocycles. The number of hydrogen-bond donors (Lipinski definition) is 2. The van der Waals surface area contributed by atoms with Crippen LogP contribution in [-0.2, 0) is 6.54 Å². The summed E-state index contributed by atoms with van der Waals surface area (Å²) in [4.78, 5) is 11.8. The van der Waals surface area contributed by atoms with Gasteiger partial charge in [0.1, 0.15) is 6.54 Å². The van der Waals surface area contributed by atoms with E-state index >= 15 is 0 Å². The Balaban J connectivity index is 2.29. The Morgan fingerprint density at radius 1 is 1.44 bits per heavy atom. The lowest BCUT2D eigenvalue weighted by Crippen LogP contribution is -2.40. The van der Waals surface area contributed by atoms with Crippen LogP contribution in [0.3, 0.4) is 0 Å². The summed E-state index contributed by atoms with van der Waals surface area (Å²) in [6.07, 6.45) is -4.39. The number of hydrogen-bond acceptors (Lipinski definition) is 2. The lowest BCUT2D eigenvalue weighted by atomic mass is 10.5. The lowest BCUT2D eigenvalue weighted by molar-refractivity contribution is -0.122. The third-order valence-electron chi connectivity index (χ3n) is 1.55. The number of carbonyl (C=O) groups is 1. The fourth-order valence-electron chi connectivity index (χ4n) is 0.855. The summed E-state index contributed by atoms with van der Waals surface area (Å²) >= 11 is 4.65. The number of urea groups is 1. The Labute approximate surface area is 102 Å². The first-order chi connectivity index (χ1) is 7.38. The van der Waals surface area contributed by atoms with E-state index in [1.807, 2.05) is 5.38 Å². The molecular formula is C8H8BrF3N2OS. The zero-order chi connectivity index (χ0) is 12.2. The molecule has 1 heterocycles. The summed E-state index contributed by atoms with van der Waals surface area (Å²) in [5.74, 6) is 0. The van der Waals surface area contributed by atoms with E-state index in [2.05, 4.69) is 21.2 Å². The molecule has 0 saturated carbocycles. The van der Waals surface area contributed by atoms with Crippen LogP contribution in [0.25, 0.3) is 0 Å². The predicted octanol–water partition coefficient (Wildman–Crippen LogP) is 2.87. The van der Waals surface area contributed by atoms with Crippen molar-refractivity contribution in [1.82, 2.24) is 10.6 Å². The van der Waals surface area contributed by atoms with Gasteiger partial charge in [-0.1, -0.05) is 0 Å². The smallest absolute Gasteiger partial charge is 0.333 e. The van der Waals surface area contributed by atoms with E-state index < -0.39 is 18.8 Å². The maximum Gasteiger partial charge on any atom is 0.405 e. The summed E-state index contributed by atoms with van der Waals surface area (Å²) < 4.78 is 36.1. The first-order valence-corrected chi connectivity index (χ1v) is 5.86. The van der Waals surface area contributed by atoms with Gasteiger partial charge < -0.3 is 10.6 Å². The first kappa shape index (κ1) is 13.3. The highest BCUT2D eigenvalue weighted by atomic mass is 79.9. The van der Waals surface area contributed by atoms with Gasteiger partial charge in [0, 0.05) is 9.35 Å². The molecule has 0 unspecified atom stereocenters. The van der Waals surface area contributed by atoms with Crippen LogP contribution in [0.15, 0.2) is 15.9 Å². The topological polar surface area (TPSA) is 41.1 Å². The van der Waals surface area contributed by atoms with Crippen molar-refractivity contribution in [3.63, 3.8) is 0 Å². The standard InChI is InChI=1S/C8H8BrF3N2OS/c9-5-1-2-16-6(5)3-13-7(15)14-4-8(10,11)12/h1-2H,3-4H2,(H2,13,14,15). The first-order valence-electron chi connectivity index (χ1n) is 4.19. The lowest BCUT2D eigenvalue weighted by Gasteiger charge is -2.09. The molecular weight excluding hydrogens is 309 g/mol. The average Bonchev–Trinajstić information content (AvgIpc) is 2.57. The molecule has 1 rings (SSSR count). The van der Waals surface area contributed by atoms with Crippen LogP contribution in [0.2, 0.25) is 0 Å². The van der Waals surface area contributed by atoms with Crippen LogP contribution in [-0.4, -0.2) is 18.8 Å². The summed E-state index contributed by atoms with van der Waals surface area (Å²) in [6, 6.07) is 0.965. The van der Waals surface area contributed by atoms with Crippen LogP contribution >= 0.6 is 27.3 Å². The van der Waals surface area contributed by atoms with E-state index in [1.54, 1.807) is 11.4 Å². The molecule has 1 aromatic heterocycles. The minimum atomic E-state index is -4.39. The van der Waals surface area contributed by atoms with E-state index in [4.69, 9.17) is 0 Å². The fraction of sp³-hybridized carbons (Fsp3) is 0.375. The second-order valence-corrected chi connectivity index (χ2v) is 4.70. The van der Waals surface area contributed by atoms with Gasteiger partial charge in [-0.2, -0.15) is 13.2 Å². The molecule has 16 heavy (non-hydrogen) atoms. The number of rotatable bonds is 3. The largest absolute Gasteiger partial charge is 0.405 e. The van der Waals surface area contributed by atoms with Crippen LogP contribution in [0.5, 0.6) is 0 Å². The quantitative estimate of drug-likeness (QED) is 0.884. The molecule has 0 radical (unpaired) electrons. The Morgan fingerprint density at radius 3 is 2.62 bits per heavy atom. The SMILES string of the molecule is O=C(NCc1sccc1Br)NCC(F)(F)F. The Morgan fingerprint density at radius 2 is 2.12 bits per heavy atom. The molecule has 8 heteroatoms. The van der Waals surface area contributed by atoms with Gasteiger partial charge in [-0.15, -0.1) is 11.3 Å². The molecule has 0 spiro atoms. The summed E-state index contributed by atoms with van der Waals surface area (Å²) in [5, 5.41) is 5.86. The number of halogens is 4. The maximum atomic E-state index is 11.7. The number of thiophene rings is 1. The van der Waals surface area contributed by atoms with E-state index in [0.29, 0.717) is 0 Å². The van der Waals surface area contributed by atoms with E-state index in [0.717, 1.165) is 9.35 Å². The van der Waals surface area contributed by atoms with Crippen molar-refractivity contribution < 1.29 is 18.0 Å². The van der Waals surface area contributed by atoms with Crippen molar-refractivity contribution in [2.45, 2.75) is 12.7 Å². The minimum absolute atomic E-state index is 0.196. The van der Waals surface area contributed by atoms with Crippen LogP contribution in [0.4, 0.5) is 18.0 Å². The molecule has 0 aliphatic rings. The number of nitrogens with one attached hydrogen (secondary N) is 2. The molecule has 0 aliphatic carbocycles. The van der Waals surface area contributed by atoms with E-state index in [1.165, 1.54) is 11.3 Å². The summed E-state index contributed by atoms with van der Waals surface area (Å²) in [7, 11) is 0. The predicted molar refractivity (Wildman–Crippen MR) is 58.3 cm³/mol. The molecule has 3 nitrogen and oxygen atoms in total. The monoisotopic (exact) mass is 316 g/mol. The third kappa shape index (κ3) is 4.84. The van der Waals surface area contributed by atoms with Gasteiger partial charge in [-0.3, -0.25) is 0 Å². The highest BCUT2D eigenvalue weighted by Gasteiger charge is 2.27. The number of carbonyl (C=O) groups excluding carboxylic acids is 1. The Hall–Kier alpha value is -0.760. The Bertz CT molecular complexity index is 366. The Kier molecular flexibility index (Phi) is 4.60. The van der Waals surface area contributed by atoms with Crippen LogP contribution in [0.1, 0.15) is 4.88 Å². The molecule has 2 N–H and O–H groups in total. The van der Waals surface area contributed by atoms with Crippen molar-refractivity contribution in [3.05, 3.63) is 20.8 Å². The average molecular weight is 317 g/mol. The van der Waals surface area contributed by atoms with Crippen LogP contribution < -0.4 is 10.6 Å². The highest BCUT2D eigenvalue weighted by molar-refractivity contribution is 9.10. The van der Waals surface area contributed by atoms with Crippen molar-refractivity contribution in [1.29, 1.82) is 0 Å². The van der Waals surface area contributed by atoms with Gasteiger partial charge in [0.05, 0.1) is 6.54 Å². The van der Waals surface area contributed by atoms with E-state index in [-0.39, 0.29) is 6.54 Å². The van der Waals surface area contributed by atoms with Gasteiger partial charge in [0.2, 0.25) is 0 Å². The zero-order valence-electron chi connectivity index (χ0n) is 7.90. The highest BCUT2D eigenvalue weighted by Crippen LogP contribution is 2.22. The number of amides is 2. The maximum absolute atomic E-state index is 11.7. The van der Waals surface area contributed by atoms with Gasteiger partial charge in [0.25, 0.3) is 0 Å². The second-order valence-electron chi connectivity index (χ2n) is 2.84. The summed E-state index contributed by atoms with van der Waals surface area (Å²) in [5.41, 5.74) is 0. The third-order valence-corrected chi connectivity index (χ3v) is 3.48. The van der Waals surface area contributed by atoms with Gasteiger partial charge in [-0.25, -0.2) is 4.79 Å². The second kappa shape index (κ2) is 5.53. The molecule has 0 bridgehead atoms. The molecule has 0 atom stereocenters. The molecule has 0 fully saturated rings. The molecule has 1 aromatic rings. The minimum Gasteiger partial charge on any atom is -0.333 e. The van der Waals surface area contributed by atoms with Crippen molar-refractivity contribution >= 4 is 33.3 Å². The van der Waals surface area contributed by atoms with Gasteiger partial charge in [0.15, 0.2) is 0 Å². The summed E-state index contributed by atoms with van der Waals surface area (Å²) in [6.45, 7) is -1.13. The van der Waals surface area contributed by atoms with Crippen molar-refractivity contribution in [2.24, 2.45) is 0 Å². The molecule has 0 aromatic carbocycles. The number of alkyl halides is 3. The van der Waals surface area contributed by atoms with Crippen LogP contribution in [0, 0.1) is 0 Å². The molecule has 90 valence electrons. The van der Waals surface area contributed by atoms with E-state index in [9.17, 15) is 18.0 Å². The molecule has 0 saturated heterocycles. The zero-order valence-corrected chi connectivity index (χ0v) is 10.3. The van der Waals surface area contributed by atoms with Crippen molar-refractivity contribution in [3.8, 4) is 0 Å².